The van der Waals surface area contributed by atoms with E-state index in [0.717, 1.165) is 4.88 Å². The fourth-order valence-electron chi connectivity index (χ4n) is 2.14. The van der Waals surface area contributed by atoms with Crippen molar-refractivity contribution in [3.63, 3.8) is 0 Å². The largest absolute Gasteiger partial charge is 0.495 e. The maximum absolute atomic E-state index is 12.6. The van der Waals surface area contributed by atoms with E-state index in [0.29, 0.717) is 16.3 Å². The Bertz CT molecular complexity index is 841. The molecule has 2 N–H and O–H groups in total. The Hall–Kier alpha value is -2.06. The van der Waals surface area contributed by atoms with Crippen LogP contribution in [-0.2, 0) is 14.8 Å². The number of thiophene rings is 1. The first-order valence-electron chi connectivity index (χ1n) is 6.78. The molecular weight excluding hydrogens is 336 g/mol. The molecule has 1 amide bonds. The van der Waals surface area contributed by atoms with Gasteiger partial charge in [0.15, 0.2) is 0 Å². The Morgan fingerprint density at radius 2 is 1.91 bits per heavy atom. The lowest BCUT2D eigenvalue weighted by Crippen LogP contribution is -2.14. The van der Waals surface area contributed by atoms with Crippen molar-refractivity contribution in [3.8, 4) is 5.75 Å². The zero-order chi connectivity index (χ0) is 17.2. The lowest BCUT2D eigenvalue weighted by atomic mass is 10.2. The van der Waals surface area contributed by atoms with Gasteiger partial charge in [0.2, 0.25) is 5.91 Å². The zero-order valence-electron chi connectivity index (χ0n) is 13.3. The monoisotopic (exact) mass is 354 g/mol. The van der Waals surface area contributed by atoms with Gasteiger partial charge in [-0.25, -0.2) is 8.42 Å². The van der Waals surface area contributed by atoms with Crippen molar-refractivity contribution in [2.45, 2.75) is 25.7 Å². The normalized spacial score (nSPS) is 11.1. The third kappa shape index (κ3) is 4.02. The zero-order valence-corrected chi connectivity index (χ0v) is 14.9. The van der Waals surface area contributed by atoms with Crippen molar-refractivity contribution in [1.29, 1.82) is 0 Å². The first-order chi connectivity index (χ1) is 10.7. The van der Waals surface area contributed by atoms with Gasteiger partial charge in [0.25, 0.3) is 10.0 Å². The fourth-order valence-corrected chi connectivity index (χ4v) is 4.76. The molecule has 0 saturated carbocycles. The average Bonchev–Trinajstić information content (AvgIpc) is 2.78. The molecule has 1 heterocycles. The van der Waals surface area contributed by atoms with Crippen LogP contribution in [0.5, 0.6) is 5.75 Å². The number of benzene rings is 1. The van der Waals surface area contributed by atoms with E-state index in [1.165, 1.54) is 31.4 Å². The number of nitrogens with one attached hydrogen (secondary N) is 2. The van der Waals surface area contributed by atoms with Crippen molar-refractivity contribution in [2.75, 3.05) is 17.1 Å². The van der Waals surface area contributed by atoms with Crippen LogP contribution in [0.4, 0.5) is 11.4 Å². The number of hydrogen-bond acceptors (Lipinski definition) is 5. The summed E-state index contributed by atoms with van der Waals surface area (Å²) in [5.41, 5.74) is 0.747. The van der Waals surface area contributed by atoms with Gasteiger partial charge in [0, 0.05) is 22.4 Å². The Morgan fingerprint density at radius 3 is 2.43 bits per heavy atom. The van der Waals surface area contributed by atoms with E-state index in [2.05, 4.69) is 10.0 Å². The number of sulfonamides is 1. The molecular formula is C15H18N2O4S2. The van der Waals surface area contributed by atoms with Crippen LogP contribution in [0, 0.1) is 13.8 Å². The first kappa shape index (κ1) is 17.3. The van der Waals surface area contributed by atoms with Gasteiger partial charge in [-0.1, -0.05) is 0 Å². The molecule has 0 atom stereocenters. The highest BCUT2D eigenvalue weighted by Gasteiger charge is 2.21. The minimum Gasteiger partial charge on any atom is -0.495 e. The number of anilines is 2. The van der Waals surface area contributed by atoms with Crippen LogP contribution in [0.3, 0.4) is 0 Å². The quantitative estimate of drug-likeness (QED) is 0.864. The summed E-state index contributed by atoms with van der Waals surface area (Å²) >= 11 is 1.42. The number of rotatable bonds is 5. The summed E-state index contributed by atoms with van der Waals surface area (Å²) in [7, 11) is -2.28. The first-order valence-corrected chi connectivity index (χ1v) is 9.08. The van der Waals surface area contributed by atoms with Crippen LogP contribution in [0.25, 0.3) is 0 Å². The van der Waals surface area contributed by atoms with E-state index in [4.69, 9.17) is 4.74 Å². The summed E-state index contributed by atoms with van der Waals surface area (Å²) in [6, 6.07) is 6.38. The molecule has 0 aliphatic carbocycles. The second-order valence-corrected chi connectivity index (χ2v) is 8.09. The van der Waals surface area contributed by atoms with Gasteiger partial charge in [0.1, 0.15) is 10.6 Å². The smallest absolute Gasteiger partial charge is 0.263 e. The minimum absolute atomic E-state index is 0.242. The van der Waals surface area contributed by atoms with E-state index in [9.17, 15) is 13.2 Å². The second-order valence-electron chi connectivity index (χ2n) is 4.98. The predicted molar refractivity (Wildman–Crippen MR) is 91.9 cm³/mol. The highest BCUT2D eigenvalue weighted by Crippen LogP contribution is 2.32. The number of aryl methyl sites for hydroxylation is 2. The van der Waals surface area contributed by atoms with Gasteiger partial charge >= 0.3 is 0 Å². The molecule has 0 bridgehead atoms. The Kier molecular flexibility index (Phi) is 4.96. The molecule has 0 aliphatic heterocycles. The van der Waals surface area contributed by atoms with Gasteiger partial charge in [-0.2, -0.15) is 0 Å². The fraction of sp³-hybridized carbons (Fsp3) is 0.267. The average molecular weight is 354 g/mol. The number of methoxy groups -OCH3 is 1. The summed E-state index contributed by atoms with van der Waals surface area (Å²) < 4.78 is 32.9. The molecule has 0 saturated heterocycles. The van der Waals surface area contributed by atoms with Crippen LogP contribution < -0.4 is 14.8 Å². The molecule has 0 radical (unpaired) electrons. The maximum atomic E-state index is 12.6. The highest BCUT2D eigenvalue weighted by atomic mass is 32.2. The molecule has 0 aliphatic rings. The van der Waals surface area contributed by atoms with E-state index >= 15 is 0 Å². The molecule has 0 spiro atoms. The van der Waals surface area contributed by atoms with Crippen LogP contribution >= 0.6 is 11.3 Å². The van der Waals surface area contributed by atoms with Crippen molar-refractivity contribution in [3.05, 3.63) is 34.0 Å². The summed E-state index contributed by atoms with van der Waals surface area (Å²) in [5.74, 6) is 0.126. The van der Waals surface area contributed by atoms with Gasteiger partial charge < -0.3 is 10.1 Å². The van der Waals surface area contributed by atoms with E-state index in [1.807, 2.05) is 6.92 Å². The predicted octanol–water partition coefficient (Wildman–Crippen LogP) is 3.13. The van der Waals surface area contributed by atoms with Crippen molar-refractivity contribution >= 4 is 38.6 Å². The topological polar surface area (TPSA) is 84.5 Å². The minimum atomic E-state index is -3.73. The van der Waals surface area contributed by atoms with Crippen LogP contribution in [0.1, 0.15) is 16.7 Å². The lowest BCUT2D eigenvalue weighted by molar-refractivity contribution is -0.114. The maximum Gasteiger partial charge on any atom is 0.263 e. The molecule has 1 aromatic heterocycles. The Labute approximate surface area is 139 Å². The van der Waals surface area contributed by atoms with Crippen LogP contribution in [0.2, 0.25) is 0 Å². The molecule has 1 aromatic carbocycles. The summed E-state index contributed by atoms with van der Waals surface area (Å²) in [6.45, 7) is 5.00. The van der Waals surface area contributed by atoms with Crippen LogP contribution in [-0.4, -0.2) is 21.4 Å². The number of carbonyl (C=O) groups is 1. The number of ether oxygens (including phenoxy) is 1. The molecule has 8 heteroatoms. The summed E-state index contributed by atoms with van der Waals surface area (Å²) in [6.07, 6.45) is 0. The Morgan fingerprint density at radius 1 is 1.22 bits per heavy atom. The van der Waals surface area contributed by atoms with Crippen molar-refractivity contribution in [1.82, 2.24) is 0 Å². The summed E-state index contributed by atoms with van der Waals surface area (Å²) in [5, 5.41) is 2.61. The van der Waals surface area contributed by atoms with E-state index in [-0.39, 0.29) is 16.5 Å². The number of hydrogen-bond donors (Lipinski definition) is 2. The Balaban J connectivity index is 2.41. The molecule has 6 nitrogen and oxygen atoms in total. The molecule has 23 heavy (non-hydrogen) atoms. The molecule has 0 fully saturated rings. The van der Waals surface area contributed by atoms with Crippen LogP contribution in [0.15, 0.2) is 29.2 Å². The van der Waals surface area contributed by atoms with E-state index < -0.39 is 10.0 Å². The standard InChI is InChI=1S/C15H18N2O4S2/c1-9-7-15(10(2)22-9)23(19,20)17-13-8-12(16-11(3)18)5-6-14(13)21-4/h5-8,17H,1-4H3,(H,16,18). The van der Waals surface area contributed by atoms with E-state index in [1.54, 1.807) is 25.1 Å². The van der Waals surface area contributed by atoms with Crippen molar-refractivity contribution < 1.29 is 17.9 Å². The number of amides is 1. The third-order valence-electron chi connectivity index (χ3n) is 3.05. The molecule has 124 valence electrons. The van der Waals surface area contributed by atoms with Gasteiger partial charge in [-0.15, -0.1) is 11.3 Å². The number of carbonyl (C=O) groups excluding carboxylic acids is 1. The third-order valence-corrected chi connectivity index (χ3v) is 5.64. The van der Waals surface area contributed by atoms with Crippen molar-refractivity contribution in [2.24, 2.45) is 0 Å². The van der Waals surface area contributed by atoms with Gasteiger partial charge in [-0.3, -0.25) is 9.52 Å². The lowest BCUT2D eigenvalue weighted by Gasteiger charge is -2.13. The molecule has 2 rings (SSSR count). The molecule has 2 aromatic rings. The highest BCUT2D eigenvalue weighted by molar-refractivity contribution is 7.93. The van der Waals surface area contributed by atoms with Gasteiger partial charge in [-0.05, 0) is 38.1 Å². The molecule has 0 unspecified atom stereocenters. The second kappa shape index (κ2) is 6.59. The SMILES string of the molecule is COc1ccc(NC(C)=O)cc1NS(=O)(=O)c1cc(C)sc1C. The summed E-state index contributed by atoms with van der Waals surface area (Å²) in [4.78, 5) is 13.0. The van der Waals surface area contributed by atoms with Gasteiger partial charge in [0.05, 0.1) is 12.8 Å².